The third-order valence-corrected chi connectivity index (χ3v) is 4.67. The van der Waals surface area contributed by atoms with Crippen LogP contribution in [0.4, 0.5) is 5.82 Å². The Morgan fingerprint density at radius 1 is 1.33 bits per heavy atom. The fourth-order valence-corrected chi connectivity index (χ4v) is 3.37. The molecule has 1 aromatic carbocycles. The van der Waals surface area contributed by atoms with E-state index in [0.29, 0.717) is 17.9 Å². The number of benzene rings is 1. The standard InChI is InChI=1S/C19H28N4O/c1-13(2)19(16-5-7-17(24-4)8-6-16)21-11-15-10-20-18-9-14(3)22-23(18)12-15/h5-9,13,15,19-21H,10-12H2,1-4H3. The van der Waals surface area contributed by atoms with Gasteiger partial charge in [0.05, 0.1) is 12.8 Å². The summed E-state index contributed by atoms with van der Waals surface area (Å²) in [5, 5.41) is 11.8. The van der Waals surface area contributed by atoms with Crippen molar-refractivity contribution < 1.29 is 4.74 Å². The van der Waals surface area contributed by atoms with E-state index in [2.05, 4.69) is 52.5 Å². The monoisotopic (exact) mass is 328 g/mol. The molecule has 0 spiro atoms. The summed E-state index contributed by atoms with van der Waals surface area (Å²) in [7, 11) is 1.70. The Morgan fingerprint density at radius 3 is 2.75 bits per heavy atom. The number of ether oxygens (including phenoxy) is 1. The molecule has 0 saturated heterocycles. The molecule has 3 rings (SSSR count). The van der Waals surface area contributed by atoms with Crippen LogP contribution < -0.4 is 15.4 Å². The van der Waals surface area contributed by atoms with Crippen molar-refractivity contribution in [3.05, 3.63) is 41.6 Å². The van der Waals surface area contributed by atoms with E-state index < -0.39 is 0 Å². The van der Waals surface area contributed by atoms with E-state index in [1.165, 1.54) is 5.56 Å². The molecule has 5 heteroatoms. The average molecular weight is 328 g/mol. The maximum Gasteiger partial charge on any atom is 0.124 e. The number of hydrogen-bond acceptors (Lipinski definition) is 4. The Bertz CT molecular complexity index is 663. The minimum Gasteiger partial charge on any atom is -0.497 e. The lowest BCUT2D eigenvalue weighted by atomic mass is 9.95. The van der Waals surface area contributed by atoms with Crippen molar-refractivity contribution in [1.82, 2.24) is 15.1 Å². The first-order chi connectivity index (χ1) is 11.6. The summed E-state index contributed by atoms with van der Waals surface area (Å²) in [5.74, 6) is 3.10. The lowest BCUT2D eigenvalue weighted by Gasteiger charge is -2.29. The molecule has 0 aliphatic carbocycles. The molecular weight excluding hydrogens is 300 g/mol. The van der Waals surface area contributed by atoms with Gasteiger partial charge in [0.1, 0.15) is 11.6 Å². The number of aromatic nitrogens is 2. The molecule has 1 aromatic heterocycles. The predicted octanol–water partition coefficient (Wildman–Crippen LogP) is 3.23. The summed E-state index contributed by atoms with van der Waals surface area (Å²) in [4.78, 5) is 0. The predicted molar refractivity (Wildman–Crippen MR) is 97.5 cm³/mol. The highest BCUT2D eigenvalue weighted by Crippen LogP contribution is 2.25. The van der Waals surface area contributed by atoms with E-state index in [4.69, 9.17) is 4.74 Å². The van der Waals surface area contributed by atoms with Crippen LogP contribution in [0.5, 0.6) is 5.75 Å². The third kappa shape index (κ3) is 3.73. The van der Waals surface area contributed by atoms with E-state index in [-0.39, 0.29) is 0 Å². The van der Waals surface area contributed by atoms with E-state index in [1.54, 1.807) is 7.11 Å². The average Bonchev–Trinajstić information content (AvgIpc) is 2.94. The molecule has 0 saturated carbocycles. The van der Waals surface area contributed by atoms with Crippen LogP contribution in [0.2, 0.25) is 0 Å². The first-order valence-electron chi connectivity index (χ1n) is 8.72. The van der Waals surface area contributed by atoms with E-state index >= 15 is 0 Å². The van der Waals surface area contributed by atoms with Crippen molar-refractivity contribution in [1.29, 1.82) is 0 Å². The zero-order valence-corrected chi connectivity index (χ0v) is 15.0. The van der Waals surface area contributed by atoms with Crippen molar-refractivity contribution in [3.8, 4) is 5.75 Å². The van der Waals surface area contributed by atoms with Gasteiger partial charge in [0.25, 0.3) is 0 Å². The van der Waals surface area contributed by atoms with Crippen LogP contribution in [0.3, 0.4) is 0 Å². The Morgan fingerprint density at radius 2 is 2.08 bits per heavy atom. The molecule has 0 fully saturated rings. The van der Waals surface area contributed by atoms with Crippen LogP contribution in [-0.2, 0) is 6.54 Å². The van der Waals surface area contributed by atoms with Gasteiger partial charge in [0.2, 0.25) is 0 Å². The number of fused-ring (bicyclic) bond motifs is 1. The van der Waals surface area contributed by atoms with E-state index in [1.807, 2.05) is 19.1 Å². The summed E-state index contributed by atoms with van der Waals surface area (Å²) in [6, 6.07) is 10.8. The SMILES string of the molecule is COc1ccc(C(NCC2CNc3cc(C)nn3C2)C(C)C)cc1. The van der Waals surface area contributed by atoms with Crippen LogP contribution in [0, 0.1) is 18.8 Å². The number of anilines is 1. The van der Waals surface area contributed by atoms with Gasteiger partial charge in [0, 0.05) is 37.7 Å². The molecule has 2 unspecified atom stereocenters. The van der Waals surface area contributed by atoms with Gasteiger partial charge < -0.3 is 15.4 Å². The van der Waals surface area contributed by atoms with Gasteiger partial charge in [-0.1, -0.05) is 26.0 Å². The van der Waals surface area contributed by atoms with Crippen LogP contribution in [0.15, 0.2) is 30.3 Å². The maximum absolute atomic E-state index is 5.26. The zero-order valence-electron chi connectivity index (χ0n) is 15.0. The van der Waals surface area contributed by atoms with Crippen molar-refractivity contribution >= 4 is 5.82 Å². The van der Waals surface area contributed by atoms with Crippen molar-refractivity contribution in [2.45, 2.75) is 33.4 Å². The van der Waals surface area contributed by atoms with E-state index in [9.17, 15) is 0 Å². The smallest absolute Gasteiger partial charge is 0.124 e. The molecule has 2 atom stereocenters. The summed E-state index contributed by atoms with van der Waals surface area (Å²) >= 11 is 0. The Kier molecular flexibility index (Phi) is 5.09. The Hall–Kier alpha value is -2.01. The number of nitrogens with one attached hydrogen (secondary N) is 2. The van der Waals surface area contributed by atoms with Gasteiger partial charge in [-0.15, -0.1) is 0 Å². The molecule has 2 N–H and O–H groups in total. The molecule has 5 nitrogen and oxygen atoms in total. The van der Waals surface area contributed by atoms with Crippen molar-refractivity contribution in [2.24, 2.45) is 11.8 Å². The topological polar surface area (TPSA) is 51.1 Å². The number of methoxy groups -OCH3 is 1. The largest absolute Gasteiger partial charge is 0.497 e. The molecule has 0 amide bonds. The van der Waals surface area contributed by atoms with Crippen molar-refractivity contribution in [2.75, 3.05) is 25.5 Å². The van der Waals surface area contributed by atoms with Crippen LogP contribution in [0.25, 0.3) is 0 Å². The van der Waals surface area contributed by atoms with Gasteiger partial charge in [-0.25, -0.2) is 4.68 Å². The Labute approximate surface area is 144 Å². The molecule has 130 valence electrons. The third-order valence-electron chi connectivity index (χ3n) is 4.67. The minimum absolute atomic E-state index is 0.344. The maximum atomic E-state index is 5.26. The minimum atomic E-state index is 0.344. The van der Waals surface area contributed by atoms with Gasteiger partial charge in [-0.05, 0) is 30.5 Å². The highest BCUT2D eigenvalue weighted by molar-refractivity contribution is 5.38. The lowest BCUT2D eigenvalue weighted by Crippen LogP contribution is -2.38. The number of hydrogen-bond donors (Lipinski definition) is 2. The molecular formula is C19H28N4O. The van der Waals surface area contributed by atoms with Crippen molar-refractivity contribution in [3.63, 3.8) is 0 Å². The van der Waals surface area contributed by atoms with Gasteiger partial charge >= 0.3 is 0 Å². The fraction of sp³-hybridized carbons (Fsp3) is 0.526. The van der Waals surface area contributed by atoms with Gasteiger partial charge in [0.15, 0.2) is 0 Å². The fourth-order valence-electron chi connectivity index (χ4n) is 3.37. The van der Waals surface area contributed by atoms with E-state index in [0.717, 1.165) is 36.9 Å². The molecule has 2 aromatic rings. The second kappa shape index (κ2) is 7.26. The first kappa shape index (κ1) is 16.8. The normalized spacial score (nSPS) is 18.1. The first-order valence-corrected chi connectivity index (χ1v) is 8.72. The number of aryl methyl sites for hydroxylation is 1. The molecule has 1 aliphatic heterocycles. The number of nitrogens with zero attached hydrogens (tertiary/aromatic N) is 2. The van der Waals surface area contributed by atoms with Crippen LogP contribution >= 0.6 is 0 Å². The van der Waals surface area contributed by atoms with Gasteiger partial charge in [-0.3, -0.25) is 0 Å². The molecule has 0 radical (unpaired) electrons. The summed E-state index contributed by atoms with van der Waals surface area (Å²) in [5.41, 5.74) is 2.38. The highest BCUT2D eigenvalue weighted by Gasteiger charge is 2.22. The molecule has 0 bridgehead atoms. The van der Waals surface area contributed by atoms with Crippen LogP contribution in [0.1, 0.15) is 31.1 Å². The van der Waals surface area contributed by atoms with Gasteiger partial charge in [-0.2, -0.15) is 5.10 Å². The molecule has 24 heavy (non-hydrogen) atoms. The number of rotatable bonds is 6. The second-order valence-corrected chi connectivity index (χ2v) is 7.00. The summed E-state index contributed by atoms with van der Waals surface area (Å²) in [6.45, 7) is 9.49. The highest BCUT2D eigenvalue weighted by atomic mass is 16.5. The second-order valence-electron chi connectivity index (χ2n) is 7.00. The Balaban J connectivity index is 1.62. The summed E-state index contributed by atoms with van der Waals surface area (Å²) < 4.78 is 7.35. The molecule has 2 heterocycles. The quantitative estimate of drug-likeness (QED) is 0.855. The van der Waals surface area contributed by atoms with Crippen LogP contribution in [-0.4, -0.2) is 30.0 Å². The lowest BCUT2D eigenvalue weighted by molar-refractivity contribution is 0.337. The zero-order chi connectivity index (χ0) is 17.1. The molecule has 1 aliphatic rings. The summed E-state index contributed by atoms with van der Waals surface area (Å²) in [6.07, 6.45) is 0.